The van der Waals surface area contributed by atoms with Crippen molar-refractivity contribution in [3.05, 3.63) is 40.8 Å². The third-order valence-electron chi connectivity index (χ3n) is 2.34. The van der Waals surface area contributed by atoms with Crippen molar-refractivity contribution in [3.63, 3.8) is 0 Å². The Morgan fingerprint density at radius 3 is 2.68 bits per heavy atom. The summed E-state index contributed by atoms with van der Waals surface area (Å²) in [4.78, 5) is 15.5. The second-order valence-corrected chi connectivity index (χ2v) is 4.51. The summed E-state index contributed by atoms with van der Waals surface area (Å²) in [7, 11) is 1.62. The molecule has 0 spiro atoms. The van der Waals surface area contributed by atoms with E-state index in [0.717, 1.165) is 11.5 Å². The fourth-order valence-corrected chi connectivity index (χ4v) is 1.97. The van der Waals surface area contributed by atoms with E-state index < -0.39 is 0 Å². The van der Waals surface area contributed by atoms with Gasteiger partial charge in [0.05, 0.1) is 13.7 Å². The van der Waals surface area contributed by atoms with E-state index in [1.165, 1.54) is 11.3 Å². The number of aromatic nitrogens is 1. The van der Waals surface area contributed by atoms with E-state index in [1.54, 1.807) is 18.7 Å². The maximum absolute atomic E-state index is 11.6. The van der Waals surface area contributed by atoms with Crippen molar-refractivity contribution in [3.8, 4) is 11.5 Å². The largest absolute Gasteiger partial charge is 0.497 e. The lowest BCUT2D eigenvalue weighted by Crippen LogP contribution is -2.27. The number of ether oxygens (including phenoxy) is 2. The van der Waals surface area contributed by atoms with Gasteiger partial charge in [-0.15, -0.1) is 11.3 Å². The van der Waals surface area contributed by atoms with Gasteiger partial charge < -0.3 is 14.8 Å². The van der Waals surface area contributed by atoms with Gasteiger partial charge in [-0.2, -0.15) is 0 Å². The first kappa shape index (κ1) is 13.4. The molecular weight excluding hydrogens is 264 g/mol. The number of hydrogen-bond acceptors (Lipinski definition) is 5. The Kier molecular flexibility index (Phi) is 4.74. The van der Waals surface area contributed by atoms with Crippen molar-refractivity contribution in [2.24, 2.45) is 0 Å². The maximum atomic E-state index is 11.6. The van der Waals surface area contributed by atoms with Gasteiger partial charge >= 0.3 is 0 Å². The van der Waals surface area contributed by atoms with Gasteiger partial charge in [-0.25, -0.2) is 4.98 Å². The van der Waals surface area contributed by atoms with Crippen molar-refractivity contribution in [2.45, 2.75) is 0 Å². The minimum absolute atomic E-state index is 0.173. The average Bonchev–Trinajstić information content (AvgIpc) is 2.98. The maximum Gasteiger partial charge on any atom is 0.280 e. The number of carbonyl (C=O) groups is 1. The standard InChI is InChI=1S/C13H14N2O3S/c1-17-10-2-4-11(5-3-10)18-8-6-14-12(16)13-15-7-9-19-13/h2-5,7,9H,6,8H2,1H3,(H,14,16). The minimum Gasteiger partial charge on any atom is -0.497 e. The quantitative estimate of drug-likeness (QED) is 0.821. The van der Waals surface area contributed by atoms with Crippen LogP contribution in [0.4, 0.5) is 0 Å². The number of benzene rings is 1. The molecule has 0 aliphatic heterocycles. The smallest absolute Gasteiger partial charge is 0.280 e. The summed E-state index contributed by atoms with van der Waals surface area (Å²) in [6, 6.07) is 7.29. The van der Waals surface area contributed by atoms with E-state index in [9.17, 15) is 4.79 Å². The molecule has 0 saturated carbocycles. The van der Waals surface area contributed by atoms with Gasteiger partial charge in [0.25, 0.3) is 5.91 Å². The van der Waals surface area contributed by atoms with E-state index >= 15 is 0 Å². The highest BCUT2D eigenvalue weighted by Crippen LogP contribution is 2.16. The SMILES string of the molecule is COc1ccc(OCCNC(=O)c2nccs2)cc1. The van der Waals surface area contributed by atoms with Gasteiger partial charge in [0.1, 0.15) is 18.1 Å². The molecule has 2 rings (SSSR count). The summed E-state index contributed by atoms with van der Waals surface area (Å²) < 4.78 is 10.5. The molecular formula is C13H14N2O3S. The number of hydrogen-bond donors (Lipinski definition) is 1. The Bertz CT molecular complexity index is 511. The normalized spacial score (nSPS) is 9.95. The van der Waals surface area contributed by atoms with Crippen LogP contribution in [0.3, 0.4) is 0 Å². The molecule has 0 aliphatic rings. The zero-order valence-electron chi connectivity index (χ0n) is 10.5. The van der Waals surface area contributed by atoms with Gasteiger partial charge in [-0.05, 0) is 24.3 Å². The molecule has 0 unspecified atom stereocenters. The van der Waals surface area contributed by atoms with Gasteiger partial charge in [0.15, 0.2) is 5.01 Å². The van der Waals surface area contributed by atoms with Crippen LogP contribution in [0, 0.1) is 0 Å². The molecule has 1 aromatic heterocycles. The Morgan fingerprint density at radius 2 is 2.05 bits per heavy atom. The highest BCUT2D eigenvalue weighted by Gasteiger charge is 2.06. The van der Waals surface area contributed by atoms with Crippen LogP contribution in [0.5, 0.6) is 11.5 Å². The lowest BCUT2D eigenvalue weighted by Gasteiger charge is -2.07. The molecule has 6 heteroatoms. The predicted octanol–water partition coefficient (Wildman–Crippen LogP) is 1.96. The lowest BCUT2D eigenvalue weighted by molar-refractivity contribution is 0.0946. The monoisotopic (exact) mass is 278 g/mol. The Labute approximate surface area is 115 Å². The second kappa shape index (κ2) is 6.75. The van der Waals surface area contributed by atoms with Crippen molar-refractivity contribution < 1.29 is 14.3 Å². The minimum atomic E-state index is -0.173. The van der Waals surface area contributed by atoms with E-state index in [0.29, 0.717) is 18.2 Å². The van der Waals surface area contributed by atoms with E-state index in [1.807, 2.05) is 24.3 Å². The summed E-state index contributed by atoms with van der Waals surface area (Å²) in [6.07, 6.45) is 1.60. The van der Waals surface area contributed by atoms with E-state index in [4.69, 9.17) is 9.47 Å². The predicted molar refractivity (Wildman–Crippen MR) is 72.9 cm³/mol. The summed E-state index contributed by atoms with van der Waals surface area (Å²) in [5.74, 6) is 1.35. The zero-order valence-corrected chi connectivity index (χ0v) is 11.3. The van der Waals surface area contributed by atoms with Crippen LogP contribution in [-0.4, -0.2) is 31.2 Å². The van der Waals surface area contributed by atoms with Crippen LogP contribution in [0.2, 0.25) is 0 Å². The number of rotatable bonds is 6. The number of nitrogens with one attached hydrogen (secondary N) is 1. The summed E-state index contributed by atoms with van der Waals surface area (Å²) in [5, 5.41) is 4.97. The fourth-order valence-electron chi connectivity index (χ4n) is 1.42. The van der Waals surface area contributed by atoms with Gasteiger partial charge in [-0.1, -0.05) is 0 Å². The molecule has 0 radical (unpaired) electrons. The molecule has 0 fully saturated rings. The summed E-state index contributed by atoms with van der Waals surface area (Å²) in [5.41, 5.74) is 0. The summed E-state index contributed by atoms with van der Waals surface area (Å²) >= 11 is 1.31. The molecule has 0 atom stereocenters. The first-order valence-electron chi connectivity index (χ1n) is 5.74. The van der Waals surface area contributed by atoms with Crippen LogP contribution < -0.4 is 14.8 Å². The summed E-state index contributed by atoms with van der Waals surface area (Å²) in [6.45, 7) is 0.841. The Morgan fingerprint density at radius 1 is 1.32 bits per heavy atom. The molecule has 1 amide bonds. The highest BCUT2D eigenvalue weighted by atomic mass is 32.1. The van der Waals surface area contributed by atoms with Gasteiger partial charge in [0.2, 0.25) is 0 Å². The third kappa shape index (κ3) is 3.96. The third-order valence-corrected chi connectivity index (χ3v) is 3.11. The first-order chi connectivity index (χ1) is 9.29. The average molecular weight is 278 g/mol. The first-order valence-corrected chi connectivity index (χ1v) is 6.62. The van der Waals surface area contributed by atoms with E-state index in [-0.39, 0.29) is 5.91 Å². The molecule has 0 bridgehead atoms. The number of thiazole rings is 1. The number of methoxy groups -OCH3 is 1. The fraction of sp³-hybridized carbons (Fsp3) is 0.231. The molecule has 2 aromatic rings. The van der Waals surface area contributed by atoms with Crippen molar-refractivity contribution in [2.75, 3.05) is 20.3 Å². The van der Waals surface area contributed by atoms with Gasteiger partial charge in [0, 0.05) is 11.6 Å². The lowest BCUT2D eigenvalue weighted by atomic mass is 10.3. The molecule has 0 aliphatic carbocycles. The molecule has 0 saturated heterocycles. The number of amides is 1. The van der Waals surface area contributed by atoms with Crippen LogP contribution in [0.1, 0.15) is 9.80 Å². The van der Waals surface area contributed by atoms with Crippen molar-refractivity contribution in [1.82, 2.24) is 10.3 Å². The van der Waals surface area contributed by atoms with Crippen LogP contribution in [-0.2, 0) is 0 Å². The molecule has 19 heavy (non-hydrogen) atoms. The van der Waals surface area contributed by atoms with Crippen LogP contribution >= 0.6 is 11.3 Å². The van der Waals surface area contributed by atoms with Crippen LogP contribution in [0.25, 0.3) is 0 Å². The Hall–Kier alpha value is -2.08. The molecule has 5 nitrogen and oxygen atoms in total. The zero-order chi connectivity index (χ0) is 13.5. The molecule has 1 aromatic carbocycles. The number of nitrogens with zero attached hydrogens (tertiary/aromatic N) is 1. The van der Waals surface area contributed by atoms with Crippen LogP contribution in [0.15, 0.2) is 35.8 Å². The second-order valence-electron chi connectivity index (χ2n) is 3.62. The molecule has 100 valence electrons. The number of carbonyl (C=O) groups excluding carboxylic acids is 1. The Balaban J connectivity index is 1.70. The van der Waals surface area contributed by atoms with E-state index in [2.05, 4.69) is 10.3 Å². The van der Waals surface area contributed by atoms with Crippen molar-refractivity contribution >= 4 is 17.2 Å². The molecule has 1 heterocycles. The molecule has 1 N–H and O–H groups in total. The highest BCUT2D eigenvalue weighted by molar-refractivity contribution is 7.11. The van der Waals surface area contributed by atoms with Crippen molar-refractivity contribution in [1.29, 1.82) is 0 Å². The topological polar surface area (TPSA) is 60.5 Å². The van der Waals surface area contributed by atoms with Gasteiger partial charge in [-0.3, -0.25) is 4.79 Å².